The van der Waals surface area contributed by atoms with Crippen molar-refractivity contribution in [2.45, 2.75) is 37.8 Å². The van der Waals surface area contributed by atoms with Crippen molar-refractivity contribution >= 4 is 11.3 Å². The zero-order valence-corrected chi connectivity index (χ0v) is 9.19. The molecule has 3 heteroatoms. The largest absolute Gasteiger partial charge is 0.368 e. The molecule has 1 aliphatic heterocycles. The number of thiophene rings is 1. The molecule has 2 nitrogen and oxygen atoms in total. The van der Waals surface area contributed by atoms with Crippen LogP contribution in [-0.4, -0.2) is 12.6 Å². The van der Waals surface area contributed by atoms with Crippen molar-refractivity contribution < 1.29 is 4.74 Å². The van der Waals surface area contributed by atoms with Crippen molar-refractivity contribution in [2.75, 3.05) is 6.61 Å². The van der Waals surface area contributed by atoms with Gasteiger partial charge in [0.2, 0.25) is 0 Å². The van der Waals surface area contributed by atoms with Gasteiger partial charge in [-0.3, -0.25) is 0 Å². The molecule has 2 unspecified atom stereocenters. The minimum absolute atomic E-state index is 0.0719. The van der Waals surface area contributed by atoms with Gasteiger partial charge in [0.25, 0.3) is 0 Å². The van der Waals surface area contributed by atoms with Gasteiger partial charge in [-0.2, -0.15) is 0 Å². The van der Waals surface area contributed by atoms with Gasteiger partial charge in [0.1, 0.15) is 5.60 Å². The van der Waals surface area contributed by atoms with Gasteiger partial charge in [-0.05, 0) is 18.1 Å². The highest BCUT2D eigenvalue weighted by Gasteiger charge is 2.57. The van der Waals surface area contributed by atoms with Gasteiger partial charge in [0.15, 0.2) is 0 Å². The number of hydrogen-bond acceptors (Lipinski definition) is 3. The van der Waals surface area contributed by atoms with Gasteiger partial charge < -0.3 is 10.5 Å². The van der Waals surface area contributed by atoms with Gasteiger partial charge in [-0.25, -0.2) is 0 Å². The quantitative estimate of drug-likeness (QED) is 0.765. The number of aryl methyl sites for hydroxylation is 1. The van der Waals surface area contributed by atoms with Crippen molar-refractivity contribution in [1.82, 2.24) is 0 Å². The molecule has 1 aromatic heterocycles. The Morgan fingerprint density at radius 3 is 3.14 bits per heavy atom. The van der Waals surface area contributed by atoms with Crippen LogP contribution in [0.15, 0.2) is 6.07 Å². The number of ether oxygens (including phenoxy) is 1. The van der Waals surface area contributed by atoms with Crippen LogP contribution in [-0.2, 0) is 23.2 Å². The molecule has 1 saturated carbocycles. The number of nitrogens with two attached hydrogens (primary N) is 1. The van der Waals surface area contributed by atoms with Crippen LogP contribution in [0.25, 0.3) is 0 Å². The molecule has 2 atom stereocenters. The average molecular weight is 209 g/mol. The topological polar surface area (TPSA) is 35.2 Å². The summed E-state index contributed by atoms with van der Waals surface area (Å²) < 4.78 is 5.85. The second kappa shape index (κ2) is 2.81. The van der Waals surface area contributed by atoms with Crippen molar-refractivity contribution in [3.63, 3.8) is 0 Å². The Bertz CT molecular complexity index is 373. The predicted octanol–water partition coefficient (Wildman–Crippen LogP) is 1.81. The fourth-order valence-corrected chi connectivity index (χ4v) is 3.51. The SMILES string of the molecule is CCc1cc2c(s1)CCOC21CC1N. The van der Waals surface area contributed by atoms with E-state index in [2.05, 4.69) is 13.0 Å². The van der Waals surface area contributed by atoms with Gasteiger partial charge >= 0.3 is 0 Å². The highest BCUT2D eigenvalue weighted by molar-refractivity contribution is 7.12. The molecule has 1 aromatic rings. The summed E-state index contributed by atoms with van der Waals surface area (Å²) in [6.07, 6.45) is 3.22. The van der Waals surface area contributed by atoms with Gasteiger partial charge in [-0.15, -0.1) is 11.3 Å². The maximum atomic E-state index is 5.98. The molecule has 2 N–H and O–H groups in total. The second-order valence-corrected chi connectivity index (χ2v) is 5.42. The highest BCUT2D eigenvalue weighted by atomic mass is 32.1. The normalized spacial score (nSPS) is 34.6. The first kappa shape index (κ1) is 8.89. The van der Waals surface area contributed by atoms with Crippen LogP contribution in [0.3, 0.4) is 0 Å². The Labute approximate surface area is 88.1 Å². The van der Waals surface area contributed by atoms with Crippen LogP contribution in [0.5, 0.6) is 0 Å². The molecule has 76 valence electrons. The molecular formula is C11H15NOS. The lowest BCUT2D eigenvalue weighted by Gasteiger charge is -2.23. The van der Waals surface area contributed by atoms with Crippen LogP contribution in [0, 0.1) is 0 Å². The highest BCUT2D eigenvalue weighted by Crippen LogP contribution is 2.53. The summed E-state index contributed by atoms with van der Waals surface area (Å²) in [6, 6.07) is 2.55. The third kappa shape index (κ3) is 1.03. The second-order valence-electron chi connectivity index (χ2n) is 4.20. The van der Waals surface area contributed by atoms with E-state index < -0.39 is 0 Å². The zero-order valence-electron chi connectivity index (χ0n) is 8.38. The van der Waals surface area contributed by atoms with Gasteiger partial charge in [0, 0.05) is 28.6 Å². The zero-order chi connectivity index (χ0) is 9.76. The summed E-state index contributed by atoms with van der Waals surface area (Å²) in [5.74, 6) is 0. The summed E-state index contributed by atoms with van der Waals surface area (Å²) >= 11 is 1.94. The fourth-order valence-electron chi connectivity index (χ4n) is 2.35. The fraction of sp³-hybridized carbons (Fsp3) is 0.636. The Hall–Kier alpha value is -0.380. The number of hydrogen-bond donors (Lipinski definition) is 1. The molecule has 0 saturated heterocycles. The molecule has 3 rings (SSSR count). The third-order valence-electron chi connectivity index (χ3n) is 3.32. The van der Waals surface area contributed by atoms with Crippen molar-refractivity contribution in [2.24, 2.45) is 5.73 Å². The first-order valence-corrected chi connectivity index (χ1v) is 6.09. The summed E-state index contributed by atoms with van der Waals surface area (Å²) in [5, 5.41) is 0. The Morgan fingerprint density at radius 2 is 2.50 bits per heavy atom. The number of fused-ring (bicyclic) bond motifs is 2. The van der Waals surface area contributed by atoms with E-state index in [0.717, 1.165) is 25.9 Å². The summed E-state index contributed by atoms with van der Waals surface area (Å²) in [4.78, 5) is 2.99. The molecule has 0 radical (unpaired) electrons. The van der Waals surface area contributed by atoms with E-state index in [4.69, 9.17) is 10.5 Å². The summed E-state index contributed by atoms with van der Waals surface area (Å²) in [5.41, 5.74) is 7.31. The van der Waals surface area contributed by atoms with Crippen LogP contribution >= 0.6 is 11.3 Å². The number of rotatable bonds is 1. The van der Waals surface area contributed by atoms with E-state index in [0.29, 0.717) is 0 Å². The Morgan fingerprint density at radius 1 is 1.71 bits per heavy atom. The Balaban J connectivity index is 2.06. The molecule has 14 heavy (non-hydrogen) atoms. The first-order chi connectivity index (χ1) is 6.76. The maximum absolute atomic E-state index is 5.98. The van der Waals surface area contributed by atoms with Crippen molar-refractivity contribution in [3.05, 3.63) is 21.4 Å². The summed E-state index contributed by atoms with van der Waals surface area (Å²) in [7, 11) is 0. The minimum atomic E-state index is -0.0719. The predicted molar refractivity (Wildman–Crippen MR) is 57.6 cm³/mol. The lowest BCUT2D eigenvalue weighted by molar-refractivity contribution is 0.0167. The molecule has 2 aliphatic rings. The average Bonchev–Trinajstić information content (AvgIpc) is 2.65. The standard InChI is InChI=1S/C11H15NOS/c1-2-7-5-8-9(14-7)3-4-13-11(8)6-10(11)12/h5,10H,2-4,6,12H2,1H3. The van der Waals surface area contributed by atoms with Gasteiger partial charge in [0.05, 0.1) is 6.61 Å². The molecule has 2 heterocycles. The lowest BCUT2D eigenvalue weighted by atomic mass is 10.0. The van der Waals surface area contributed by atoms with Crippen molar-refractivity contribution in [1.29, 1.82) is 0 Å². The van der Waals surface area contributed by atoms with E-state index in [1.165, 1.54) is 15.3 Å². The van der Waals surface area contributed by atoms with E-state index in [-0.39, 0.29) is 11.6 Å². The van der Waals surface area contributed by atoms with Crippen LogP contribution in [0.1, 0.15) is 28.7 Å². The maximum Gasteiger partial charge on any atom is 0.111 e. The van der Waals surface area contributed by atoms with E-state index in [9.17, 15) is 0 Å². The molecule has 0 amide bonds. The molecule has 0 bridgehead atoms. The van der Waals surface area contributed by atoms with E-state index >= 15 is 0 Å². The molecule has 0 aromatic carbocycles. The molecule has 1 aliphatic carbocycles. The molecule has 1 fully saturated rings. The van der Waals surface area contributed by atoms with Crippen LogP contribution in [0.2, 0.25) is 0 Å². The van der Waals surface area contributed by atoms with E-state index in [1.807, 2.05) is 11.3 Å². The van der Waals surface area contributed by atoms with E-state index in [1.54, 1.807) is 0 Å². The summed E-state index contributed by atoms with van der Waals surface area (Å²) in [6.45, 7) is 3.06. The third-order valence-corrected chi connectivity index (χ3v) is 4.65. The van der Waals surface area contributed by atoms with Crippen LogP contribution < -0.4 is 5.73 Å². The molecular weight excluding hydrogens is 194 g/mol. The lowest BCUT2D eigenvalue weighted by Crippen LogP contribution is -2.27. The first-order valence-electron chi connectivity index (χ1n) is 5.28. The minimum Gasteiger partial charge on any atom is -0.368 e. The molecule has 1 spiro atoms. The Kier molecular flexibility index (Phi) is 1.79. The smallest absolute Gasteiger partial charge is 0.111 e. The van der Waals surface area contributed by atoms with Crippen molar-refractivity contribution in [3.8, 4) is 0 Å². The van der Waals surface area contributed by atoms with Gasteiger partial charge in [-0.1, -0.05) is 6.92 Å². The van der Waals surface area contributed by atoms with Crippen LogP contribution in [0.4, 0.5) is 0 Å². The monoisotopic (exact) mass is 209 g/mol.